The van der Waals surface area contributed by atoms with Gasteiger partial charge in [0.2, 0.25) is 0 Å². The molecule has 0 aliphatic carbocycles. The highest BCUT2D eigenvalue weighted by molar-refractivity contribution is 7.92. The summed E-state index contributed by atoms with van der Waals surface area (Å²) in [7, 11) is -2.74. The van der Waals surface area contributed by atoms with E-state index in [1.165, 1.54) is 0 Å². The van der Waals surface area contributed by atoms with Crippen LogP contribution >= 0.6 is 0 Å². The minimum Gasteiger partial charge on any atom is -1.00 e. The lowest BCUT2D eigenvalue weighted by Crippen LogP contribution is -3.00. The molecule has 0 radical (unpaired) electrons. The van der Waals surface area contributed by atoms with Gasteiger partial charge in [0, 0.05) is 0 Å². The number of sulfone groups is 1. The van der Waals surface area contributed by atoms with Crippen LogP contribution in [0, 0.1) is 0 Å². The molecule has 0 aromatic heterocycles. The van der Waals surface area contributed by atoms with E-state index in [9.17, 15) is 8.42 Å². The molecule has 10 heavy (non-hydrogen) atoms. The van der Waals surface area contributed by atoms with Gasteiger partial charge in [-0.05, 0) is 5.57 Å². The van der Waals surface area contributed by atoms with Crippen LogP contribution in [-0.2, 0) is 9.84 Å². The van der Waals surface area contributed by atoms with Crippen LogP contribution in [0.1, 0.15) is 0 Å². The van der Waals surface area contributed by atoms with Crippen LogP contribution in [0.25, 0.3) is 0 Å². The van der Waals surface area contributed by atoms with Crippen molar-refractivity contribution in [3.63, 3.8) is 0 Å². The highest BCUT2D eigenvalue weighted by atomic mass is 79.9. The Bertz CT molecular complexity index is 232. The molecule has 5 heteroatoms. The van der Waals surface area contributed by atoms with E-state index >= 15 is 0 Å². The van der Waals surface area contributed by atoms with Gasteiger partial charge in [0.1, 0.15) is 0 Å². The van der Waals surface area contributed by atoms with E-state index in [0.29, 0.717) is 6.54 Å². The Morgan fingerprint density at radius 3 is 2.40 bits per heavy atom. The van der Waals surface area contributed by atoms with E-state index in [2.05, 4.69) is 5.73 Å². The highest BCUT2D eigenvalue weighted by Crippen LogP contribution is 2.08. The van der Waals surface area contributed by atoms with Crippen molar-refractivity contribution in [2.75, 3.05) is 18.1 Å². The Labute approximate surface area is 71.0 Å². The fourth-order valence-electron chi connectivity index (χ4n) is 0.819. The molecule has 0 saturated carbocycles. The van der Waals surface area contributed by atoms with Gasteiger partial charge in [-0.15, -0.1) is 0 Å². The molecule has 1 aliphatic rings. The second-order valence-corrected chi connectivity index (χ2v) is 4.28. The molecule has 1 rings (SSSR count). The first-order chi connectivity index (χ1) is 4.14. The monoisotopic (exact) mass is 227 g/mol. The fourth-order valence-corrected chi connectivity index (χ4v) is 2.25. The number of halogens is 1. The molecule has 1 heterocycles. The van der Waals surface area contributed by atoms with Crippen molar-refractivity contribution in [3.8, 4) is 0 Å². The molecular formula is C5H10BrNO2S. The maximum atomic E-state index is 10.7. The molecular weight excluding hydrogens is 218 g/mol. The van der Waals surface area contributed by atoms with Gasteiger partial charge < -0.3 is 22.7 Å². The maximum absolute atomic E-state index is 10.7. The van der Waals surface area contributed by atoms with E-state index < -0.39 is 9.84 Å². The predicted molar refractivity (Wildman–Crippen MR) is 34.5 cm³/mol. The Balaban J connectivity index is 0.000000810. The second-order valence-electron chi connectivity index (χ2n) is 2.17. The van der Waals surface area contributed by atoms with Gasteiger partial charge in [0.25, 0.3) is 0 Å². The van der Waals surface area contributed by atoms with E-state index in [4.69, 9.17) is 0 Å². The van der Waals surface area contributed by atoms with E-state index in [1.807, 2.05) is 0 Å². The molecule has 60 valence electrons. The van der Waals surface area contributed by atoms with Gasteiger partial charge >= 0.3 is 0 Å². The fraction of sp³-hybridized carbons (Fsp3) is 0.600. The Kier molecular flexibility index (Phi) is 3.55. The number of hydrogen-bond donors (Lipinski definition) is 1. The third kappa shape index (κ3) is 2.40. The van der Waals surface area contributed by atoms with Crippen LogP contribution in [0.4, 0.5) is 0 Å². The first-order valence-corrected chi connectivity index (χ1v) is 4.64. The molecule has 1 aliphatic heterocycles. The predicted octanol–water partition coefficient (Wildman–Crippen LogP) is -4.41. The van der Waals surface area contributed by atoms with Crippen LogP contribution in [-0.4, -0.2) is 26.5 Å². The minimum atomic E-state index is -2.74. The van der Waals surface area contributed by atoms with Crippen molar-refractivity contribution < 1.29 is 31.1 Å². The first-order valence-electron chi connectivity index (χ1n) is 2.81. The summed E-state index contributed by atoms with van der Waals surface area (Å²) in [6.07, 6.45) is 1.75. The van der Waals surface area contributed by atoms with E-state index in [1.54, 1.807) is 6.08 Å². The number of quaternary nitrogens is 1. The first kappa shape index (κ1) is 10.1. The smallest absolute Gasteiger partial charge is 0.157 e. The summed E-state index contributed by atoms with van der Waals surface area (Å²) in [5.74, 6) is 0.453. The molecule has 3 N–H and O–H groups in total. The summed E-state index contributed by atoms with van der Waals surface area (Å²) < 4.78 is 21.4. The third-order valence-corrected chi connectivity index (χ3v) is 2.84. The average Bonchev–Trinajstić information content (AvgIpc) is 2.10. The summed E-state index contributed by atoms with van der Waals surface area (Å²) in [5.41, 5.74) is 4.55. The van der Waals surface area contributed by atoms with Crippen molar-refractivity contribution in [2.24, 2.45) is 0 Å². The van der Waals surface area contributed by atoms with Gasteiger partial charge in [0.15, 0.2) is 9.84 Å². The van der Waals surface area contributed by atoms with Crippen LogP contribution in [0.3, 0.4) is 0 Å². The van der Waals surface area contributed by atoms with Crippen LogP contribution < -0.4 is 22.7 Å². The van der Waals surface area contributed by atoms with Crippen LogP contribution in [0.2, 0.25) is 0 Å². The van der Waals surface area contributed by atoms with Crippen molar-refractivity contribution in [3.05, 3.63) is 11.6 Å². The molecule has 0 bridgehead atoms. The average molecular weight is 228 g/mol. The molecule has 0 unspecified atom stereocenters. The third-order valence-electron chi connectivity index (χ3n) is 1.35. The van der Waals surface area contributed by atoms with Gasteiger partial charge in [-0.3, -0.25) is 0 Å². The standard InChI is InChI=1S/C5H9NO2S.BrH/c6-3-5-1-2-9(7,8)4-5;/h1H,2-4,6H2;1H. The maximum Gasteiger partial charge on any atom is 0.157 e. The van der Waals surface area contributed by atoms with E-state index in [0.717, 1.165) is 5.57 Å². The summed E-state index contributed by atoms with van der Waals surface area (Å²) >= 11 is 0. The zero-order valence-electron chi connectivity index (χ0n) is 5.51. The minimum absolute atomic E-state index is 0. The van der Waals surface area contributed by atoms with Gasteiger partial charge in [-0.2, -0.15) is 0 Å². The summed E-state index contributed by atoms with van der Waals surface area (Å²) in [6.45, 7) is 0.624. The molecule has 0 amide bonds. The topological polar surface area (TPSA) is 61.8 Å². The zero-order chi connectivity index (χ0) is 6.91. The quantitative estimate of drug-likeness (QED) is 0.460. The molecule has 0 aromatic carbocycles. The Morgan fingerprint density at radius 1 is 1.60 bits per heavy atom. The summed E-state index contributed by atoms with van der Waals surface area (Å²) in [5, 5.41) is 0. The Hall–Kier alpha value is 0.130. The normalized spacial score (nSPS) is 21.5. The summed E-state index contributed by atoms with van der Waals surface area (Å²) in [6, 6.07) is 0. The van der Waals surface area contributed by atoms with Crippen LogP contribution in [0.5, 0.6) is 0 Å². The zero-order valence-corrected chi connectivity index (χ0v) is 7.91. The van der Waals surface area contributed by atoms with E-state index in [-0.39, 0.29) is 28.5 Å². The lowest BCUT2D eigenvalue weighted by Gasteiger charge is -1.89. The number of rotatable bonds is 1. The lowest BCUT2D eigenvalue weighted by molar-refractivity contribution is -0.355. The Morgan fingerprint density at radius 2 is 2.20 bits per heavy atom. The molecule has 0 spiro atoms. The van der Waals surface area contributed by atoms with Crippen molar-refractivity contribution in [2.45, 2.75) is 0 Å². The molecule has 0 aromatic rings. The molecule has 0 fully saturated rings. The van der Waals surface area contributed by atoms with Gasteiger partial charge in [0.05, 0.1) is 18.1 Å². The largest absolute Gasteiger partial charge is 1.00 e. The summed E-state index contributed by atoms with van der Waals surface area (Å²) in [4.78, 5) is 0. The highest BCUT2D eigenvalue weighted by Gasteiger charge is 2.18. The SMILES string of the molecule is [Br-].[NH3+]CC1=CCS(=O)(=O)C1. The molecule has 3 nitrogen and oxygen atoms in total. The number of hydrogen-bond acceptors (Lipinski definition) is 2. The van der Waals surface area contributed by atoms with Gasteiger partial charge in [-0.25, -0.2) is 8.42 Å². The van der Waals surface area contributed by atoms with Crippen molar-refractivity contribution >= 4 is 9.84 Å². The van der Waals surface area contributed by atoms with Crippen LogP contribution in [0.15, 0.2) is 11.6 Å². The van der Waals surface area contributed by atoms with Crippen molar-refractivity contribution in [1.82, 2.24) is 0 Å². The molecule has 0 atom stereocenters. The molecule has 0 saturated heterocycles. The van der Waals surface area contributed by atoms with Gasteiger partial charge in [-0.1, -0.05) is 6.08 Å². The second kappa shape index (κ2) is 3.50. The van der Waals surface area contributed by atoms with Crippen molar-refractivity contribution in [1.29, 1.82) is 0 Å². The lowest BCUT2D eigenvalue weighted by atomic mass is 10.3.